The first-order chi connectivity index (χ1) is 13.7. The summed E-state index contributed by atoms with van der Waals surface area (Å²) in [4.78, 5) is 12.3. The second-order valence-electron chi connectivity index (χ2n) is 6.28. The predicted octanol–water partition coefficient (Wildman–Crippen LogP) is 2.66. The van der Waals surface area contributed by atoms with Gasteiger partial charge >= 0.3 is 0 Å². The molecule has 4 rings (SSSR count). The standard InChI is InChI=1S/C21H19N5O2/c1-28-17-9-5-6-15(12-17)13-21(27)22-14-20-24-23-19-11-10-18(25-26(19)20)16-7-3-2-4-8-16/h2-12H,13-14H2,1H3,(H,22,27). The van der Waals surface area contributed by atoms with Crippen LogP contribution >= 0.6 is 0 Å². The molecule has 0 aliphatic carbocycles. The van der Waals surface area contributed by atoms with Gasteiger partial charge in [0, 0.05) is 5.56 Å². The van der Waals surface area contributed by atoms with Gasteiger partial charge in [0.25, 0.3) is 0 Å². The first-order valence-corrected chi connectivity index (χ1v) is 8.89. The van der Waals surface area contributed by atoms with E-state index in [1.165, 1.54) is 0 Å². The van der Waals surface area contributed by atoms with Crippen LogP contribution in [0.3, 0.4) is 0 Å². The molecule has 7 nitrogen and oxygen atoms in total. The van der Waals surface area contributed by atoms with E-state index in [0.717, 1.165) is 22.6 Å². The number of amides is 1. The first kappa shape index (κ1) is 17.7. The molecule has 7 heteroatoms. The highest BCUT2D eigenvalue weighted by Gasteiger charge is 2.11. The van der Waals surface area contributed by atoms with Gasteiger partial charge in [-0.25, -0.2) is 0 Å². The zero-order chi connectivity index (χ0) is 19.3. The van der Waals surface area contributed by atoms with Crippen molar-refractivity contribution < 1.29 is 9.53 Å². The van der Waals surface area contributed by atoms with Crippen molar-refractivity contribution in [3.05, 3.63) is 78.1 Å². The van der Waals surface area contributed by atoms with Crippen molar-refractivity contribution in [1.29, 1.82) is 0 Å². The van der Waals surface area contributed by atoms with Gasteiger partial charge in [0.2, 0.25) is 5.91 Å². The lowest BCUT2D eigenvalue weighted by molar-refractivity contribution is -0.120. The lowest BCUT2D eigenvalue weighted by Crippen LogP contribution is -2.25. The number of hydrogen-bond donors (Lipinski definition) is 1. The third kappa shape index (κ3) is 3.83. The summed E-state index contributed by atoms with van der Waals surface area (Å²) in [5.41, 5.74) is 3.34. The number of nitrogens with one attached hydrogen (secondary N) is 1. The molecule has 0 fully saturated rings. The molecule has 0 atom stereocenters. The minimum absolute atomic E-state index is 0.107. The molecule has 1 N–H and O–H groups in total. The van der Waals surface area contributed by atoms with E-state index in [0.29, 0.717) is 11.5 Å². The fourth-order valence-electron chi connectivity index (χ4n) is 2.91. The molecule has 0 spiro atoms. The van der Waals surface area contributed by atoms with Crippen LogP contribution in [0.15, 0.2) is 66.7 Å². The van der Waals surface area contributed by atoms with Crippen molar-refractivity contribution in [2.45, 2.75) is 13.0 Å². The lowest BCUT2D eigenvalue weighted by atomic mass is 10.1. The summed E-state index contributed by atoms with van der Waals surface area (Å²) in [7, 11) is 1.60. The summed E-state index contributed by atoms with van der Waals surface area (Å²) in [6.45, 7) is 0.245. The van der Waals surface area contributed by atoms with Crippen molar-refractivity contribution in [1.82, 2.24) is 25.1 Å². The van der Waals surface area contributed by atoms with Gasteiger partial charge in [0.15, 0.2) is 11.5 Å². The van der Waals surface area contributed by atoms with Gasteiger partial charge in [-0.15, -0.1) is 10.2 Å². The number of methoxy groups -OCH3 is 1. The van der Waals surface area contributed by atoms with Gasteiger partial charge in [-0.05, 0) is 29.8 Å². The molecule has 2 aromatic carbocycles. The molecule has 0 aliphatic rings. The highest BCUT2D eigenvalue weighted by molar-refractivity contribution is 5.78. The number of carbonyl (C=O) groups is 1. The molecular weight excluding hydrogens is 354 g/mol. The minimum atomic E-state index is -0.107. The highest BCUT2D eigenvalue weighted by Crippen LogP contribution is 2.17. The molecule has 0 saturated heterocycles. The largest absolute Gasteiger partial charge is 0.497 e. The molecule has 0 unspecified atom stereocenters. The Morgan fingerprint density at radius 2 is 1.89 bits per heavy atom. The van der Waals surface area contributed by atoms with Crippen LogP contribution in [0.4, 0.5) is 0 Å². The maximum Gasteiger partial charge on any atom is 0.224 e. The third-order valence-corrected chi connectivity index (χ3v) is 4.34. The second-order valence-corrected chi connectivity index (χ2v) is 6.28. The fourth-order valence-corrected chi connectivity index (χ4v) is 2.91. The molecule has 2 aromatic heterocycles. The number of aromatic nitrogens is 4. The summed E-state index contributed by atoms with van der Waals surface area (Å²) in [5, 5.41) is 15.8. The summed E-state index contributed by atoms with van der Waals surface area (Å²) in [6, 6.07) is 21.1. The molecule has 0 bridgehead atoms. The topological polar surface area (TPSA) is 81.4 Å². The number of carbonyl (C=O) groups excluding carboxylic acids is 1. The van der Waals surface area contributed by atoms with Gasteiger partial charge in [-0.1, -0.05) is 42.5 Å². The SMILES string of the molecule is COc1cccc(CC(=O)NCc2nnc3ccc(-c4ccccc4)nn23)c1. The Morgan fingerprint density at radius 1 is 1.04 bits per heavy atom. The number of rotatable bonds is 6. The molecule has 0 saturated carbocycles. The second kappa shape index (κ2) is 7.87. The molecule has 4 aromatic rings. The van der Waals surface area contributed by atoms with E-state index in [-0.39, 0.29) is 18.9 Å². The molecule has 1 amide bonds. The van der Waals surface area contributed by atoms with Crippen molar-refractivity contribution >= 4 is 11.6 Å². The normalized spacial score (nSPS) is 10.8. The van der Waals surface area contributed by atoms with E-state index < -0.39 is 0 Å². The lowest BCUT2D eigenvalue weighted by Gasteiger charge is -2.06. The van der Waals surface area contributed by atoms with E-state index in [4.69, 9.17) is 4.74 Å². The Labute approximate surface area is 162 Å². The molecule has 140 valence electrons. The van der Waals surface area contributed by atoms with Crippen LogP contribution in [0, 0.1) is 0 Å². The Balaban J connectivity index is 1.47. The van der Waals surface area contributed by atoms with Gasteiger partial charge in [0.1, 0.15) is 5.75 Å². The van der Waals surface area contributed by atoms with Crippen molar-refractivity contribution in [2.75, 3.05) is 7.11 Å². The van der Waals surface area contributed by atoms with Crippen LogP contribution in [0.5, 0.6) is 5.75 Å². The van der Waals surface area contributed by atoms with Crippen LogP contribution in [0.25, 0.3) is 16.9 Å². The Kier molecular flexibility index (Phi) is 4.97. The smallest absolute Gasteiger partial charge is 0.224 e. The number of hydrogen-bond acceptors (Lipinski definition) is 5. The number of benzene rings is 2. The molecular formula is C21H19N5O2. The zero-order valence-electron chi connectivity index (χ0n) is 15.4. The maximum absolute atomic E-state index is 12.3. The quantitative estimate of drug-likeness (QED) is 0.562. The summed E-state index contributed by atoms with van der Waals surface area (Å²) < 4.78 is 6.85. The Bertz CT molecular complexity index is 1110. The van der Waals surface area contributed by atoms with Gasteiger partial charge in [-0.2, -0.15) is 9.61 Å². The van der Waals surface area contributed by atoms with Crippen LogP contribution in [0.2, 0.25) is 0 Å². The fraction of sp³-hybridized carbons (Fsp3) is 0.143. The number of nitrogens with zero attached hydrogens (tertiary/aromatic N) is 4. The average Bonchev–Trinajstić information content (AvgIpc) is 3.15. The highest BCUT2D eigenvalue weighted by atomic mass is 16.5. The third-order valence-electron chi connectivity index (χ3n) is 4.34. The van der Waals surface area contributed by atoms with Crippen molar-refractivity contribution in [3.63, 3.8) is 0 Å². The van der Waals surface area contributed by atoms with E-state index in [1.54, 1.807) is 11.6 Å². The van der Waals surface area contributed by atoms with E-state index >= 15 is 0 Å². The van der Waals surface area contributed by atoms with E-state index in [1.807, 2.05) is 66.7 Å². The minimum Gasteiger partial charge on any atom is -0.497 e. The van der Waals surface area contributed by atoms with Crippen molar-refractivity contribution in [2.24, 2.45) is 0 Å². The van der Waals surface area contributed by atoms with E-state index in [2.05, 4.69) is 20.6 Å². The van der Waals surface area contributed by atoms with Crippen LogP contribution in [-0.4, -0.2) is 32.8 Å². The molecule has 0 radical (unpaired) electrons. The molecule has 28 heavy (non-hydrogen) atoms. The summed E-state index contributed by atoms with van der Waals surface area (Å²) in [6.07, 6.45) is 0.261. The molecule has 0 aliphatic heterocycles. The monoisotopic (exact) mass is 373 g/mol. The Morgan fingerprint density at radius 3 is 2.71 bits per heavy atom. The van der Waals surface area contributed by atoms with Crippen LogP contribution in [0.1, 0.15) is 11.4 Å². The zero-order valence-corrected chi connectivity index (χ0v) is 15.4. The maximum atomic E-state index is 12.3. The van der Waals surface area contributed by atoms with E-state index in [9.17, 15) is 4.79 Å². The summed E-state index contributed by atoms with van der Waals surface area (Å²) in [5.74, 6) is 1.20. The van der Waals surface area contributed by atoms with Crippen LogP contribution < -0.4 is 10.1 Å². The first-order valence-electron chi connectivity index (χ1n) is 8.89. The average molecular weight is 373 g/mol. The number of ether oxygens (including phenoxy) is 1. The van der Waals surface area contributed by atoms with Gasteiger partial charge in [0.05, 0.1) is 25.8 Å². The predicted molar refractivity (Wildman–Crippen MR) is 105 cm³/mol. The van der Waals surface area contributed by atoms with Gasteiger partial charge in [-0.3, -0.25) is 4.79 Å². The van der Waals surface area contributed by atoms with Crippen molar-refractivity contribution in [3.8, 4) is 17.0 Å². The number of fused-ring (bicyclic) bond motifs is 1. The Hall–Kier alpha value is -3.74. The summed E-state index contributed by atoms with van der Waals surface area (Å²) >= 11 is 0. The van der Waals surface area contributed by atoms with Crippen LogP contribution in [-0.2, 0) is 17.8 Å². The van der Waals surface area contributed by atoms with Gasteiger partial charge < -0.3 is 10.1 Å². The molecule has 2 heterocycles.